The van der Waals surface area contributed by atoms with Gasteiger partial charge in [0.05, 0.1) is 7.11 Å². The second-order valence-electron chi connectivity index (χ2n) is 10.2. The van der Waals surface area contributed by atoms with Crippen molar-refractivity contribution in [2.24, 2.45) is 5.92 Å². The van der Waals surface area contributed by atoms with Gasteiger partial charge in [0.1, 0.15) is 23.2 Å². The molecule has 0 bridgehead atoms. The number of rotatable bonds is 10. The molecule has 0 heterocycles. The average Bonchev–Trinajstić information content (AvgIpc) is 2.70. The second kappa shape index (κ2) is 12.4. The summed E-state index contributed by atoms with van der Waals surface area (Å²) in [5, 5.41) is 7.94. The summed E-state index contributed by atoms with van der Waals surface area (Å²) in [6, 6.07) is 7.38. The number of carbonyl (C=O) groups is 4. The minimum absolute atomic E-state index is 0.0946. The Morgan fingerprint density at radius 3 is 2.00 bits per heavy atom. The lowest BCUT2D eigenvalue weighted by molar-refractivity contribution is -0.146. The molecule has 34 heavy (non-hydrogen) atoms. The Balaban J connectivity index is 2.93. The molecule has 0 saturated carbocycles. The van der Waals surface area contributed by atoms with Gasteiger partial charge in [-0.3, -0.25) is 9.59 Å². The second-order valence-corrected chi connectivity index (χ2v) is 10.2. The monoisotopic (exact) mass is 477 g/mol. The molecule has 1 aromatic rings. The van der Waals surface area contributed by atoms with Crippen molar-refractivity contribution in [1.82, 2.24) is 16.0 Å². The van der Waals surface area contributed by atoms with E-state index in [1.54, 1.807) is 20.8 Å². The first kappa shape index (κ1) is 28.9. The first-order valence-corrected chi connectivity index (χ1v) is 11.4. The van der Waals surface area contributed by atoms with Gasteiger partial charge in [-0.1, -0.05) is 44.2 Å². The molecule has 9 heteroatoms. The molecule has 0 aromatic heterocycles. The van der Waals surface area contributed by atoms with Crippen LogP contribution in [0.4, 0.5) is 4.79 Å². The molecule has 9 nitrogen and oxygen atoms in total. The fourth-order valence-corrected chi connectivity index (χ4v) is 3.13. The lowest BCUT2D eigenvalue weighted by Gasteiger charge is -2.30. The molecule has 0 saturated heterocycles. The molecule has 0 radical (unpaired) electrons. The maximum Gasteiger partial charge on any atom is 0.408 e. The van der Waals surface area contributed by atoms with Gasteiger partial charge >= 0.3 is 12.1 Å². The molecule has 0 unspecified atom stereocenters. The van der Waals surface area contributed by atoms with Gasteiger partial charge in [-0.15, -0.1) is 0 Å². The number of hydrogen-bond acceptors (Lipinski definition) is 6. The van der Waals surface area contributed by atoms with Crippen LogP contribution >= 0.6 is 0 Å². The number of carbonyl (C=O) groups excluding carboxylic acids is 4. The van der Waals surface area contributed by atoms with Crippen molar-refractivity contribution in [3.63, 3.8) is 0 Å². The van der Waals surface area contributed by atoms with Gasteiger partial charge in [0, 0.05) is 6.42 Å². The summed E-state index contributed by atoms with van der Waals surface area (Å²) < 4.78 is 10.1. The maximum absolute atomic E-state index is 13.0. The van der Waals surface area contributed by atoms with Crippen molar-refractivity contribution in [3.8, 4) is 0 Å². The maximum atomic E-state index is 13.0. The van der Waals surface area contributed by atoms with Crippen LogP contribution in [-0.4, -0.2) is 54.2 Å². The SMILES string of the molecule is COC(=O)[C@H](Cc1ccccc1)NC(=O)C(C)(C)NC(=O)[C@H](CC(C)C)NC(=O)OC(C)(C)C. The van der Waals surface area contributed by atoms with Crippen LogP contribution in [0.5, 0.6) is 0 Å². The van der Waals surface area contributed by atoms with E-state index in [2.05, 4.69) is 16.0 Å². The van der Waals surface area contributed by atoms with Crippen molar-refractivity contribution < 1.29 is 28.7 Å². The zero-order chi connectivity index (χ0) is 26.1. The van der Waals surface area contributed by atoms with Crippen molar-refractivity contribution in [3.05, 3.63) is 35.9 Å². The molecule has 1 aromatic carbocycles. The standard InChI is InChI=1S/C25H39N3O6/c1-16(2)14-18(27-23(32)34-24(3,4)5)20(29)28-25(6,7)22(31)26-19(21(30)33-8)15-17-12-10-9-11-13-17/h9-13,16,18-19H,14-15H2,1-8H3,(H,26,31)(H,27,32)(H,28,29)/t18-,19-/m0/s1. The summed E-state index contributed by atoms with van der Waals surface area (Å²) in [6.07, 6.45) is -0.134. The third-order valence-electron chi connectivity index (χ3n) is 4.79. The summed E-state index contributed by atoms with van der Waals surface area (Å²) in [7, 11) is 1.25. The van der Waals surface area contributed by atoms with Crippen molar-refractivity contribution in [2.45, 2.75) is 84.5 Å². The molecule has 0 aliphatic heterocycles. The third kappa shape index (κ3) is 10.2. The van der Waals surface area contributed by atoms with E-state index in [4.69, 9.17) is 9.47 Å². The van der Waals surface area contributed by atoms with E-state index in [0.29, 0.717) is 6.42 Å². The van der Waals surface area contributed by atoms with Crippen LogP contribution in [0.1, 0.15) is 60.5 Å². The van der Waals surface area contributed by atoms with Crippen LogP contribution in [0.2, 0.25) is 0 Å². The molecule has 190 valence electrons. The average molecular weight is 478 g/mol. The summed E-state index contributed by atoms with van der Waals surface area (Å²) in [4.78, 5) is 50.6. The van der Waals surface area contributed by atoms with Gasteiger partial charge in [0.2, 0.25) is 11.8 Å². The van der Waals surface area contributed by atoms with Crippen LogP contribution < -0.4 is 16.0 Å². The summed E-state index contributed by atoms with van der Waals surface area (Å²) in [6.45, 7) is 12.1. The van der Waals surface area contributed by atoms with Crippen LogP contribution in [0, 0.1) is 5.92 Å². The molecule has 0 spiro atoms. The van der Waals surface area contributed by atoms with Gasteiger partial charge in [0.15, 0.2) is 0 Å². The van der Waals surface area contributed by atoms with E-state index in [9.17, 15) is 19.2 Å². The smallest absolute Gasteiger partial charge is 0.408 e. The highest BCUT2D eigenvalue weighted by Crippen LogP contribution is 2.12. The van der Waals surface area contributed by atoms with Crippen molar-refractivity contribution in [1.29, 1.82) is 0 Å². The zero-order valence-electron chi connectivity index (χ0n) is 21.5. The predicted octanol–water partition coefficient (Wildman–Crippen LogP) is 2.72. The Hall–Kier alpha value is -3.10. The summed E-state index contributed by atoms with van der Waals surface area (Å²) in [5.41, 5.74) is -1.24. The fourth-order valence-electron chi connectivity index (χ4n) is 3.13. The van der Waals surface area contributed by atoms with E-state index in [0.717, 1.165) is 5.56 Å². The van der Waals surface area contributed by atoms with Crippen molar-refractivity contribution in [2.75, 3.05) is 7.11 Å². The lowest BCUT2D eigenvalue weighted by Crippen LogP contribution is -2.61. The molecule has 0 fully saturated rings. The van der Waals surface area contributed by atoms with Gasteiger partial charge in [0.25, 0.3) is 0 Å². The van der Waals surface area contributed by atoms with E-state index >= 15 is 0 Å². The Morgan fingerprint density at radius 1 is 0.912 bits per heavy atom. The molecular weight excluding hydrogens is 438 g/mol. The molecule has 1 rings (SSSR count). The molecule has 0 aliphatic rings. The summed E-state index contributed by atoms with van der Waals surface area (Å²) in [5.74, 6) is -1.59. The number of esters is 1. The molecule has 3 N–H and O–H groups in total. The number of ether oxygens (including phenoxy) is 2. The highest BCUT2D eigenvalue weighted by Gasteiger charge is 2.36. The Kier molecular flexibility index (Phi) is 10.5. The lowest BCUT2D eigenvalue weighted by atomic mass is 9.98. The predicted molar refractivity (Wildman–Crippen MR) is 129 cm³/mol. The van der Waals surface area contributed by atoms with Crippen LogP contribution in [0.15, 0.2) is 30.3 Å². The van der Waals surface area contributed by atoms with Crippen LogP contribution in [0.25, 0.3) is 0 Å². The van der Waals surface area contributed by atoms with Gasteiger partial charge in [-0.2, -0.15) is 0 Å². The first-order valence-electron chi connectivity index (χ1n) is 11.4. The van der Waals surface area contributed by atoms with Gasteiger partial charge in [-0.25, -0.2) is 9.59 Å². The highest BCUT2D eigenvalue weighted by atomic mass is 16.6. The first-order chi connectivity index (χ1) is 15.6. The Labute approximate surface area is 202 Å². The molecule has 0 aliphatic carbocycles. The number of alkyl carbamates (subject to hydrolysis) is 1. The van der Waals surface area contributed by atoms with Crippen LogP contribution in [-0.2, 0) is 30.3 Å². The molecule has 3 amide bonds. The van der Waals surface area contributed by atoms with E-state index in [1.165, 1.54) is 21.0 Å². The molecular formula is C25H39N3O6. The summed E-state index contributed by atoms with van der Waals surface area (Å²) >= 11 is 0. The zero-order valence-corrected chi connectivity index (χ0v) is 21.5. The minimum atomic E-state index is -1.37. The van der Waals surface area contributed by atoms with Gasteiger partial charge in [-0.05, 0) is 52.5 Å². The largest absolute Gasteiger partial charge is 0.467 e. The topological polar surface area (TPSA) is 123 Å². The number of methoxy groups -OCH3 is 1. The number of amides is 3. The van der Waals surface area contributed by atoms with Crippen molar-refractivity contribution >= 4 is 23.9 Å². The number of nitrogens with one attached hydrogen (secondary N) is 3. The Morgan fingerprint density at radius 2 is 1.50 bits per heavy atom. The fraction of sp³-hybridized carbons (Fsp3) is 0.600. The quantitative estimate of drug-likeness (QED) is 0.445. The molecule has 2 atom stereocenters. The van der Waals surface area contributed by atoms with Gasteiger partial charge < -0.3 is 25.4 Å². The number of hydrogen-bond donors (Lipinski definition) is 3. The van der Waals surface area contributed by atoms with Crippen LogP contribution in [0.3, 0.4) is 0 Å². The normalized spacial score (nSPS) is 13.4. The van der Waals surface area contributed by atoms with E-state index in [-0.39, 0.29) is 12.3 Å². The number of benzene rings is 1. The Bertz CT molecular complexity index is 846. The third-order valence-corrected chi connectivity index (χ3v) is 4.79. The highest BCUT2D eigenvalue weighted by molar-refractivity contribution is 5.95. The van der Waals surface area contributed by atoms with E-state index in [1.807, 2.05) is 44.2 Å². The van der Waals surface area contributed by atoms with E-state index < -0.39 is 47.1 Å². The minimum Gasteiger partial charge on any atom is -0.467 e.